The summed E-state index contributed by atoms with van der Waals surface area (Å²) in [6.07, 6.45) is 1.83. The zero-order valence-corrected chi connectivity index (χ0v) is 13.9. The Morgan fingerprint density at radius 2 is 2.17 bits per heavy atom. The highest BCUT2D eigenvalue weighted by Gasteiger charge is 2.29. The highest BCUT2D eigenvalue weighted by atomic mass is 32.2. The highest BCUT2D eigenvalue weighted by molar-refractivity contribution is 8.14. The number of amides is 3. The molecule has 0 aliphatic carbocycles. The van der Waals surface area contributed by atoms with Gasteiger partial charge in [-0.25, -0.2) is 0 Å². The van der Waals surface area contributed by atoms with E-state index in [9.17, 15) is 14.4 Å². The van der Waals surface area contributed by atoms with E-state index in [1.165, 1.54) is 16.2 Å². The molecule has 3 amide bonds. The van der Waals surface area contributed by atoms with Crippen molar-refractivity contribution in [2.45, 2.75) is 6.54 Å². The van der Waals surface area contributed by atoms with E-state index in [1.54, 1.807) is 28.8 Å². The van der Waals surface area contributed by atoms with Crippen LogP contribution >= 0.6 is 23.1 Å². The summed E-state index contributed by atoms with van der Waals surface area (Å²) in [5.41, 5.74) is 1.16. The zero-order chi connectivity index (χ0) is 16.4. The van der Waals surface area contributed by atoms with Gasteiger partial charge in [-0.05, 0) is 17.7 Å². The third kappa shape index (κ3) is 3.43. The Bertz CT molecular complexity index is 837. The Kier molecular flexibility index (Phi) is 4.44. The van der Waals surface area contributed by atoms with E-state index < -0.39 is 0 Å². The van der Waals surface area contributed by atoms with Crippen molar-refractivity contribution >= 4 is 40.2 Å². The molecule has 1 fully saturated rings. The molecule has 1 aliphatic heterocycles. The smallest absolute Gasteiger partial charge is 0.289 e. The summed E-state index contributed by atoms with van der Waals surface area (Å²) in [5.74, 6) is -0.368. The second-order valence-electron chi connectivity index (χ2n) is 4.95. The second kappa shape index (κ2) is 6.51. The summed E-state index contributed by atoms with van der Waals surface area (Å²) in [6, 6.07) is 6.85. The van der Waals surface area contributed by atoms with Crippen molar-refractivity contribution < 1.29 is 14.4 Å². The largest absolute Gasteiger partial charge is 0.327 e. The number of carbonyl (C=O) groups is 3. The lowest BCUT2D eigenvalue weighted by molar-refractivity contribution is -0.125. The molecular weight excluding hydrogens is 334 g/mol. The molecule has 1 aromatic heterocycles. The maximum Gasteiger partial charge on any atom is 0.289 e. The lowest BCUT2D eigenvalue weighted by Crippen LogP contribution is -2.27. The van der Waals surface area contributed by atoms with E-state index in [2.05, 4.69) is 4.99 Å². The number of rotatable bonds is 3. The van der Waals surface area contributed by atoms with Crippen LogP contribution in [0.3, 0.4) is 0 Å². The molecule has 0 N–H and O–H groups in total. The fourth-order valence-electron chi connectivity index (χ4n) is 2.11. The molecule has 6 nitrogen and oxygen atoms in total. The van der Waals surface area contributed by atoms with Crippen LogP contribution in [0.4, 0.5) is 4.79 Å². The first-order chi connectivity index (χ1) is 11.0. The van der Waals surface area contributed by atoms with Gasteiger partial charge in [0.15, 0.2) is 4.80 Å². The van der Waals surface area contributed by atoms with Gasteiger partial charge in [0, 0.05) is 24.2 Å². The van der Waals surface area contributed by atoms with E-state index in [0.29, 0.717) is 10.4 Å². The summed E-state index contributed by atoms with van der Waals surface area (Å²) in [5, 5.41) is 1.60. The molecule has 0 bridgehead atoms. The van der Waals surface area contributed by atoms with Gasteiger partial charge in [-0.15, -0.1) is 11.3 Å². The van der Waals surface area contributed by atoms with Gasteiger partial charge in [0.05, 0.1) is 12.3 Å². The molecule has 0 spiro atoms. The van der Waals surface area contributed by atoms with Gasteiger partial charge in [-0.2, -0.15) is 4.99 Å². The number of hydrogen-bond donors (Lipinski definition) is 0. The summed E-state index contributed by atoms with van der Waals surface area (Å²) in [4.78, 5) is 41.4. The van der Waals surface area contributed by atoms with Crippen LogP contribution in [0, 0.1) is 0 Å². The number of hydrogen-bond acceptors (Lipinski definition) is 5. The first-order valence-corrected chi connectivity index (χ1v) is 8.66. The third-order valence-corrected chi connectivity index (χ3v) is 5.02. The number of benzene rings is 1. The minimum atomic E-state index is -0.349. The summed E-state index contributed by atoms with van der Waals surface area (Å²) in [7, 11) is 1.82. The van der Waals surface area contributed by atoms with Crippen LogP contribution < -0.4 is 4.80 Å². The van der Waals surface area contributed by atoms with Gasteiger partial charge in [-0.3, -0.25) is 19.3 Å². The normalized spacial score (nSPS) is 15.5. The lowest BCUT2D eigenvalue weighted by atomic mass is 10.1. The minimum Gasteiger partial charge on any atom is -0.327 e. The van der Waals surface area contributed by atoms with Gasteiger partial charge in [0.25, 0.3) is 11.1 Å². The molecule has 1 aliphatic rings. The van der Waals surface area contributed by atoms with Crippen LogP contribution in [0.15, 0.2) is 40.8 Å². The van der Waals surface area contributed by atoms with Crippen molar-refractivity contribution in [1.82, 2.24) is 9.47 Å². The maximum atomic E-state index is 12.3. The van der Waals surface area contributed by atoms with Gasteiger partial charge in [0.1, 0.15) is 0 Å². The number of thiazole rings is 1. The van der Waals surface area contributed by atoms with E-state index in [-0.39, 0.29) is 29.4 Å². The minimum absolute atomic E-state index is 0.179. The van der Waals surface area contributed by atoms with Crippen molar-refractivity contribution in [2.24, 2.45) is 12.0 Å². The molecule has 3 rings (SSSR count). The van der Waals surface area contributed by atoms with Crippen molar-refractivity contribution in [1.29, 1.82) is 0 Å². The number of nitrogens with zero attached hydrogens (tertiary/aromatic N) is 3. The average molecular weight is 347 g/mol. The SMILES string of the molecule is Cn1ccsc1=NC(=O)c1cccc(CN2C(=O)CSC2=O)c1. The quantitative estimate of drug-likeness (QED) is 0.852. The van der Waals surface area contributed by atoms with E-state index in [4.69, 9.17) is 0 Å². The average Bonchev–Trinajstić information content (AvgIpc) is 3.08. The molecule has 2 aromatic rings. The summed E-state index contributed by atoms with van der Waals surface area (Å²) < 4.78 is 1.77. The molecule has 1 saturated heterocycles. The lowest BCUT2D eigenvalue weighted by Gasteiger charge is -2.12. The Labute approximate surface area is 140 Å². The molecule has 0 unspecified atom stereocenters. The number of imide groups is 1. The Morgan fingerprint density at radius 1 is 1.35 bits per heavy atom. The molecule has 0 atom stereocenters. The number of aromatic nitrogens is 1. The number of thioether (sulfide) groups is 1. The zero-order valence-electron chi connectivity index (χ0n) is 12.3. The summed E-state index contributed by atoms with van der Waals surface area (Å²) >= 11 is 2.38. The standard InChI is InChI=1S/C15H13N3O3S2/c1-17-5-6-22-14(17)16-13(20)11-4-2-3-10(7-11)8-18-12(19)9-23-15(18)21/h2-7H,8-9H2,1H3. The van der Waals surface area contributed by atoms with Crippen molar-refractivity contribution in [3.63, 3.8) is 0 Å². The number of aryl methyl sites for hydroxylation is 1. The third-order valence-electron chi connectivity index (χ3n) is 3.31. The van der Waals surface area contributed by atoms with Crippen LogP contribution in [0.5, 0.6) is 0 Å². The van der Waals surface area contributed by atoms with Crippen molar-refractivity contribution in [2.75, 3.05) is 5.75 Å². The van der Waals surface area contributed by atoms with E-state index in [1.807, 2.05) is 18.6 Å². The van der Waals surface area contributed by atoms with Crippen LogP contribution in [0.25, 0.3) is 0 Å². The van der Waals surface area contributed by atoms with Crippen LogP contribution in [0.2, 0.25) is 0 Å². The predicted octanol–water partition coefficient (Wildman–Crippen LogP) is 2.02. The molecule has 23 heavy (non-hydrogen) atoms. The Balaban J connectivity index is 1.83. The molecule has 8 heteroatoms. The maximum absolute atomic E-state index is 12.3. The monoisotopic (exact) mass is 347 g/mol. The van der Waals surface area contributed by atoms with Gasteiger partial charge in [-0.1, -0.05) is 23.9 Å². The number of carbonyl (C=O) groups excluding carboxylic acids is 3. The topological polar surface area (TPSA) is 71.7 Å². The van der Waals surface area contributed by atoms with Gasteiger partial charge < -0.3 is 4.57 Å². The first-order valence-electron chi connectivity index (χ1n) is 6.80. The fraction of sp³-hybridized carbons (Fsp3) is 0.200. The van der Waals surface area contributed by atoms with E-state index >= 15 is 0 Å². The summed E-state index contributed by atoms with van der Waals surface area (Å²) in [6.45, 7) is 0.179. The molecule has 2 heterocycles. The van der Waals surface area contributed by atoms with Gasteiger partial charge in [0.2, 0.25) is 5.91 Å². The molecule has 1 aromatic carbocycles. The van der Waals surface area contributed by atoms with Gasteiger partial charge >= 0.3 is 0 Å². The van der Waals surface area contributed by atoms with Crippen molar-refractivity contribution in [3.05, 3.63) is 51.8 Å². The molecule has 0 saturated carbocycles. The molecular formula is C15H13N3O3S2. The Morgan fingerprint density at radius 3 is 2.83 bits per heavy atom. The second-order valence-corrected chi connectivity index (χ2v) is 6.75. The highest BCUT2D eigenvalue weighted by Crippen LogP contribution is 2.21. The predicted molar refractivity (Wildman–Crippen MR) is 88.0 cm³/mol. The molecule has 118 valence electrons. The Hall–Kier alpha value is -2.19. The van der Waals surface area contributed by atoms with Crippen LogP contribution in [-0.2, 0) is 18.4 Å². The fourth-order valence-corrected chi connectivity index (χ4v) is 3.56. The van der Waals surface area contributed by atoms with Crippen molar-refractivity contribution in [3.8, 4) is 0 Å². The molecule has 0 radical (unpaired) electrons. The van der Waals surface area contributed by atoms with Crippen LogP contribution in [0.1, 0.15) is 15.9 Å². The first kappa shape index (κ1) is 15.7. The van der Waals surface area contributed by atoms with Crippen LogP contribution in [-0.4, -0.2) is 32.3 Å². The van der Waals surface area contributed by atoms with E-state index in [0.717, 1.165) is 17.3 Å².